The Morgan fingerprint density at radius 2 is 2.21 bits per heavy atom. The van der Waals surface area contributed by atoms with Gasteiger partial charge in [-0.1, -0.05) is 19.1 Å². The summed E-state index contributed by atoms with van der Waals surface area (Å²) in [6.45, 7) is 2.18. The summed E-state index contributed by atoms with van der Waals surface area (Å²) in [7, 11) is 0. The van der Waals surface area contributed by atoms with Crippen molar-refractivity contribution >= 4 is 22.8 Å². The van der Waals surface area contributed by atoms with Gasteiger partial charge in [-0.2, -0.15) is 11.8 Å². The standard InChI is InChI=1S/C11H14N2S/c1-2-14-8-7-11-12-9-5-3-4-6-10(9)13-11/h3-6H,2,7-8H2,1H3,(H,12,13). The number of aromatic amines is 1. The first-order valence-electron chi connectivity index (χ1n) is 4.91. The molecule has 3 heteroatoms. The van der Waals surface area contributed by atoms with Crippen molar-refractivity contribution in [3.8, 4) is 0 Å². The number of hydrogen-bond donors (Lipinski definition) is 1. The van der Waals surface area contributed by atoms with Crippen LogP contribution in [0.25, 0.3) is 11.0 Å². The van der Waals surface area contributed by atoms with Crippen molar-refractivity contribution in [2.45, 2.75) is 13.3 Å². The molecule has 1 heterocycles. The first-order valence-corrected chi connectivity index (χ1v) is 6.07. The molecule has 0 saturated carbocycles. The molecule has 0 bridgehead atoms. The van der Waals surface area contributed by atoms with E-state index in [0.717, 1.165) is 29.0 Å². The molecule has 0 fully saturated rings. The van der Waals surface area contributed by atoms with Gasteiger partial charge in [0.2, 0.25) is 0 Å². The predicted octanol–water partition coefficient (Wildman–Crippen LogP) is 2.86. The lowest BCUT2D eigenvalue weighted by Crippen LogP contribution is -1.90. The van der Waals surface area contributed by atoms with Crippen LogP contribution in [0.2, 0.25) is 0 Å². The second-order valence-corrected chi connectivity index (χ2v) is 4.54. The Balaban J connectivity index is 2.11. The lowest BCUT2D eigenvalue weighted by molar-refractivity contribution is 1.01. The summed E-state index contributed by atoms with van der Waals surface area (Å²) < 4.78 is 0. The van der Waals surface area contributed by atoms with Gasteiger partial charge in [-0.25, -0.2) is 4.98 Å². The zero-order valence-corrected chi connectivity index (χ0v) is 9.10. The fraction of sp³-hybridized carbons (Fsp3) is 0.364. The van der Waals surface area contributed by atoms with Crippen LogP contribution in [0.15, 0.2) is 24.3 Å². The summed E-state index contributed by atoms with van der Waals surface area (Å²) in [6, 6.07) is 8.17. The van der Waals surface area contributed by atoms with Crippen molar-refractivity contribution in [3.63, 3.8) is 0 Å². The van der Waals surface area contributed by atoms with Crippen LogP contribution in [-0.2, 0) is 6.42 Å². The molecule has 2 rings (SSSR count). The van der Waals surface area contributed by atoms with Crippen molar-refractivity contribution in [3.05, 3.63) is 30.1 Å². The molecule has 0 unspecified atom stereocenters. The van der Waals surface area contributed by atoms with Crippen molar-refractivity contribution in [2.24, 2.45) is 0 Å². The van der Waals surface area contributed by atoms with E-state index in [1.165, 1.54) is 5.75 Å². The van der Waals surface area contributed by atoms with E-state index in [1.54, 1.807) is 0 Å². The number of hydrogen-bond acceptors (Lipinski definition) is 2. The zero-order valence-electron chi connectivity index (χ0n) is 8.29. The highest BCUT2D eigenvalue weighted by atomic mass is 32.2. The second kappa shape index (κ2) is 4.51. The molecule has 0 aliphatic rings. The molecule has 0 spiro atoms. The van der Waals surface area contributed by atoms with Crippen LogP contribution in [0.4, 0.5) is 0 Å². The van der Waals surface area contributed by atoms with Crippen LogP contribution in [0.3, 0.4) is 0 Å². The largest absolute Gasteiger partial charge is 0.342 e. The molecule has 14 heavy (non-hydrogen) atoms. The van der Waals surface area contributed by atoms with Crippen LogP contribution in [-0.4, -0.2) is 21.5 Å². The SMILES string of the molecule is CCSCCc1nc2ccccc2[nH]1. The van der Waals surface area contributed by atoms with Crippen molar-refractivity contribution in [1.82, 2.24) is 9.97 Å². The molecule has 1 N–H and O–H groups in total. The molecule has 1 aromatic heterocycles. The van der Waals surface area contributed by atoms with Gasteiger partial charge in [0.25, 0.3) is 0 Å². The van der Waals surface area contributed by atoms with E-state index < -0.39 is 0 Å². The van der Waals surface area contributed by atoms with Gasteiger partial charge >= 0.3 is 0 Å². The van der Waals surface area contributed by atoms with E-state index in [9.17, 15) is 0 Å². The van der Waals surface area contributed by atoms with Crippen molar-refractivity contribution in [2.75, 3.05) is 11.5 Å². The van der Waals surface area contributed by atoms with Crippen LogP contribution >= 0.6 is 11.8 Å². The first kappa shape index (κ1) is 9.59. The summed E-state index contributed by atoms with van der Waals surface area (Å²) in [6.07, 6.45) is 1.03. The summed E-state index contributed by atoms with van der Waals surface area (Å²) >= 11 is 1.95. The first-order chi connectivity index (χ1) is 6.90. The van der Waals surface area contributed by atoms with Crippen molar-refractivity contribution < 1.29 is 0 Å². The van der Waals surface area contributed by atoms with Crippen LogP contribution in [0.1, 0.15) is 12.7 Å². The highest BCUT2D eigenvalue weighted by Crippen LogP contribution is 2.11. The molecule has 74 valence electrons. The number of rotatable bonds is 4. The Labute approximate surface area is 88.1 Å². The van der Waals surface area contributed by atoms with Crippen LogP contribution in [0.5, 0.6) is 0 Å². The summed E-state index contributed by atoms with van der Waals surface area (Å²) in [4.78, 5) is 7.85. The summed E-state index contributed by atoms with van der Waals surface area (Å²) in [5, 5.41) is 0. The van der Waals surface area contributed by atoms with Crippen LogP contribution in [0, 0.1) is 0 Å². The average Bonchev–Trinajstić information content (AvgIpc) is 2.60. The van der Waals surface area contributed by atoms with Crippen molar-refractivity contribution in [1.29, 1.82) is 0 Å². The van der Waals surface area contributed by atoms with Gasteiger partial charge in [0.1, 0.15) is 5.82 Å². The number of thioether (sulfide) groups is 1. The quantitative estimate of drug-likeness (QED) is 0.779. The van der Waals surface area contributed by atoms with E-state index >= 15 is 0 Å². The lowest BCUT2D eigenvalue weighted by atomic mass is 10.3. The number of imidazole rings is 1. The molecule has 0 atom stereocenters. The molecule has 0 saturated heterocycles. The summed E-state index contributed by atoms with van der Waals surface area (Å²) in [5.74, 6) is 3.43. The van der Waals surface area contributed by atoms with Gasteiger partial charge in [-0.3, -0.25) is 0 Å². The fourth-order valence-corrected chi connectivity index (χ4v) is 2.06. The third-order valence-electron chi connectivity index (χ3n) is 2.13. The minimum atomic E-state index is 1.03. The number of aryl methyl sites for hydroxylation is 1. The van der Waals surface area contributed by atoms with Gasteiger partial charge in [0.15, 0.2) is 0 Å². The number of benzene rings is 1. The minimum Gasteiger partial charge on any atom is -0.342 e. The average molecular weight is 206 g/mol. The molecule has 2 aromatic rings. The van der Waals surface area contributed by atoms with Gasteiger partial charge in [0.05, 0.1) is 11.0 Å². The third kappa shape index (κ3) is 2.10. The Morgan fingerprint density at radius 1 is 1.36 bits per heavy atom. The minimum absolute atomic E-state index is 1.03. The van der Waals surface area contributed by atoms with E-state index in [1.807, 2.05) is 30.0 Å². The molecule has 2 nitrogen and oxygen atoms in total. The highest BCUT2D eigenvalue weighted by Gasteiger charge is 2.00. The smallest absolute Gasteiger partial charge is 0.108 e. The maximum Gasteiger partial charge on any atom is 0.108 e. The molecule has 0 aliphatic heterocycles. The van der Waals surface area contributed by atoms with Gasteiger partial charge < -0.3 is 4.98 Å². The molecule has 0 radical (unpaired) electrons. The topological polar surface area (TPSA) is 28.7 Å². The van der Waals surface area contributed by atoms with E-state index in [4.69, 9.17) is 0 Å². The number of nitrogens with zero attached hydrogens (tertiary/aromatic N) is 1. The van der Waals surface area contributed by atoms with Gasteiger partial charge in [-0.15, -0.1) is 0 Å². The third-order valence-corrected chi connectivity index (χ3v) is 3.03. The number of fused-ring (bicyclic) bond motifs is 1. The molecule has 0 aliphatic carbocycles. The normalized spacial score (nSPS) is 10.9. The Kier molecular flexibility index (Phi) is 3.09. The second-order valence-electron chi connectivity index (χ2n) is 3.15. The lowest BCUT2D eigenvalue weighted by Gasteiger charge is -1.93. The fourth-order valence-electron chi connectivity index (χ4n) is 1.44. The predicted molar refractivity (Wildman–Crippen MR) is 62.8 cm³/mol. The van der Waals surface area contributed by atoms with Gasteiger partial charge in [-0.05, 0) is 17.9 Å². The Morgan fingerprint density at radius 3 is 3.00 bits per heavy atom. The summed E-state index contributed by atoms with van der Waals surface area (Å²) in [5.41, 5.74) is 2.22. The molecular weight excluding hydrogens is 192 g/mol. The molecule has 0 amide bonds. The zero-order chi connectivity index (χ0) is 9.80. The Bertz CT molecular complexity index is 375. The molecular formula is C11H14N2S. The molecule has 1 aromatic carbocycles. The van der Waals surface area contributed by atoms with E-state index in [2.05, 4.69) is 23.0 Å². The number of H-pyrrole nitrogens is 1. The maximum absolute atomic E-state index is 4.52. The monoisotopic (exact) mass is 206 g/mol. The highest BCUT2D eigenvalue weighted by molar-refractivity contribution is 7.99. The van der Waals surface area contributed by atoms with Gasteiger partial charge in [0, 0.05) is 12.2 Å². The number of nitrogens with one attached hydrogen (secondary N) is 1. The van der Waals surface area contributed by atoms with E-state index in [-0.39, 0.29) is 0 Å². The van der Waals surface area contributed by atoms with Crippen LogP contribution < -0.4 is 0 Å². The number of aromatic nitrogens is 2. The maximum atomic E-state index is 4.52. The van der Waals surface area contributed by atoms with E-state index in [0.29, 0.717) is 0 Å². The number of para-hydroxylation sites is 2. The Hall–Kier alpha value is -0.960.